The van der Waals surface area contributed by atoms with Crippen LogP contribution >= 0.6 is 11.3 Å². The Bertz CT molecular complexity index is 1300. The van der Waals surface area contributed by atoms with Crippen molar-refractivity contribution < 1.29 is 0 Å². The maximum absolute atomic E-state index is 12.6. The van der Waals surface area contributed by atoms with Gasteiger partial charge in [-0.15, -0.1) is 0 Å². The number of pyridine rings is 1. The zero-order valence-electron chi connectivity index (χ0n) is 13.9. The molecule has 2 N–H and O–H groups in total. The summed E-state index contributed by atoms with van der Waals surface area (Å²) in [7, 11) is 0. The Balaban J connectivity index is 1.67. The fourth-order valence-corrected chi connectivity index (χ4v) is 3.84. The molecule has 0 aliphatic carbocycles. The van der Waals surface area contributed by atoms with E-state index < -0.39 is 0 Å². The highest BCUT2D eigenvalue weighted by molar-refractivity contribution is 7.19. The molecule has 0 amide bonds. The van der Waals surface area contributed by atoms with Crippen molar-refractivity contribution in [1.29, 1.82) is 0 Å². The largest absolute Gasteiger partial charge is 0.383 e. The lowest BCUT2D eigenvalue weighted by atomic mass is 10.1. The van der Waals surface area contributed by atoms with Gasteiger partial charge in [-0.1, -0.05) is 29.5 Å². The first-order valence-electron chi connectivity index (χ1n) is 8.15. The highest BCUT2D eigenvalue weighted by Gasteiger charge is 2.17. The third-order valence-electron chi connectivity index (χ3n) is 4.28. The molecule has 4 aromatic rings. The Morgan fingerprint density at radius 1 is 1.11 bits per heavy atom. The van der Waals surface area contributed by atoms with Crippen LogP contribution in [0.2, 0.25) is 0 Å². The van der Waals surface area contributed by atoms with Gasteiger partial charge in [-0.25, -0.2) is 0 Å². The number of allylic oxidation sites excluding steroid dienone is 1. The first-order chi connectivity index (χ1) is 13.2. The van der Waals surface area contributed by atoms with Gasteiger partial charge in [-0.2, -0.15) is 14.6 Å². The van der Waals surface area contributed by atoms with Crippen molar-refractivity contribution in [1.82, 2.24) is 19.6 Å². The van der Waals surface area contributed by atoms with Gasteiger partial charge >= 0.3 is 0 Å². The van der Waals surface area contributed by atoms with Crippen LogP contribution in [0.4, 0.5) is 11.5 Å². The summed E-state index contributed by atoms with van der Waals surface area (Å²) in [5.74, 6) is 0.256. The van der Waals surface area contributed by atoms with E-state index in [0.29, 0.717) is 15.5 Å². The van der Waals surface area contributed by atoms with E-state index in [-0.39, 0.29) is 11.4 Å². The molecule has 5 rings (SSSR count). The molecule has 0 saturated carbocycles. The molecule has 0 bridgehead atoms. The van der Waals surface area contributed by atoms with Gasteiger partial charge in [0.25, 0.3) is 5.56 Å². The van der Waals surface area contributed by atoms with Gasteiger partial charge in [0.05, 0.1) is 11.3 Å². The lowest BCUT2D eigenvalue weighted by molar-refractivity contribution is 0.944. The smallest absolute Gasteiger partial charge is 0.283 e. The minimum atomic E-state index is -0.386. The Labute approximate surface area is 157 Å². The first kappa shape index (κ1) is 15.6. The fourth-order valence-electron chi connectivity index (χ4n) is 2.94. The number of aliphatic imine (C=N–C) groups is 1. The Morgan fingerprint density at radius 3 is 2.78 bits per heavy atom. The SMILES string of the molecule is Nc1c(C=C2C=Nc3ccccc32)c(=O)nc2sc(-c3ccncc3)nn12. The fraction of sp³-hybridized carbons (Fsp3) is 0. The van der Waals surface area contributed by atoms with Crippen LogP contribution < -0.4 is 11.3 Å². The van der Waals surface area contributed by atoms with E-state index in [1.807, 2.05) is 36.4 Å². The van der Waals surface area contributed by atoms with Gasteiger partial charge < -0.3 is 5.73 Å². The number of hydrogen-bond acceptors (Lipinski definition) is 7. The van der Waals surface area contributed by atoms with Gasteiger partial charge in [0.15, 0.2) is 0 Å². The van der Waals surface area contributed by atoms with Crippen molar-refractivity contribution in [2.45, 2.75) is 0 Å². The zero-order valence-corrected chi connectivity index (χ0v) is 14.7. The third kappa shape index (κ3) is 2.54. The number of benzene rings is 1. The average molecular weight is 372 g/mol. The standard InChI is InChI=1S/C19H12N6OS/c20-16-14(9-12-10-22-15-4-2-1-3-13(12)15)17(26)23-19-25(16)24-18(27-19)11-5-7-21-8-6-11/h1-10H,20H2. The van der Waals surface area contributed by atoms with Crippen LogP contribution in [0.3, 0.4) is 0 Å². The molecule has 1 aliphatic rings. The van der Waals surface area contributed by atoms with E-state index in [2.05, 4.69) is 20.1 Å². The van der Waals surface area contributed by atoms with Crippen molar-refractivity contribution in [2.24, 2.45) is 4.99 Å². The average Bonchev–Trinajstić information content (AvgIpc) is 3.30. The van der Waals surface area contributed by atoms with E-state index >= 15 is 0 Å². The molecule has 7 nitrogen and oxygen atoms in total. The van der Waals surface area contributed by atoms with Crippen LogP contribution in [0.1, 0.15) is 11.1 Å². The topological polar surface area (TPSA) is 98.5 Å². The second-order valence-electron chi connectivity index (χ2n) is 5.93. The van der Waals surface area contributed by atoms with Gasteiger partial charge in [0, 0.05) is 35.3 Å². The van der Waals surface area contributed by atoms with Gasteiger partial charge in [0.2, 0.25) is 4.96 Å². The number of hydrogen-bond donors (Lipinski definition) is 1. The third-order valence-corrected chi connectivity index (χ3v) is 5.23. The molecule has 27 heavy (non-hydrogen) atoms. The molecule has 0 fully saturated rings. The Hall–Kier alpha value is -3.65. The van der Waals surface area contributed by atoms with Crippen LogP contribution in [0.15, 0.2) is 58.6 Å². The summed E-state index contributed by atoms with van der Waals surface area (Å²) in [6.07, 6.45) is 6.82. The number of fused-ring (bicyclic) bond motifs is 2. The van der Waals surface area contributed by atoms with Gasteiger partial charge in [-0.3, -0.25) is 14.8 Å². The highest BCUT2D eigenvalue weighted by atomic mass is 32.1. The highest BCUT2D eigenvalue weighted by Crippen LogP contribution is 2.32. The Morgan fingerprint density at radius 2 is 1.93 bits per heavy atom. The number of aromatic nitrogens is 4. The van der Waals surface area contributed by atoms with E-state index in [1.54, 1.807) is 24.7 Å². The summed E-state index contributed by atoms with van der Waals surface area (Å²) >= 11 is 1.30. The quantitative estimate of drug-likeness (QED) is 0.583. The van der Waals surface area contributed by atoms with Gasteiger partial charge in [0.1, 0.15) is 10.8 Å². The molecule has 0 radical (unpaired) electrons. The molecule has 0 atom stereocenters. The van der Waals surface area contributed by atoms with Crippen LogP contribution in [-0.4, -0.2) is 25.8 Å². The summed E-state index contributed by atoms with van der Waals surface area (Å²) in [4.78, 5) is 25.6. The minimum absolute atomic E-state index is 0.256. The monoisotopic (exact) mass is 372 g/mol. The number of nitrogens with zero attached hydrogens (tertiary/aromatic N) is 5. The number of rotatable bonds is 2. The van der Waals surface area contributed by atoms with E-state index in [0.717, 1.165) is 22.4 Å². The van der Waals surface area contributed by atoms with Crippen molar-refractivity contribution >= 4 is 45.7 Å². The zero-order chi connectivity index (χ0) is 18.4. The maximum Gasteiger partial charge on any atom is 0.283 e. The first-order valence-corrected chi connectivity index (χ1v) is 8.97. The summed E-state index contributed by atoms with van der Waals surface area (Å²) < 4.78 is 1.51. The summed E-state index contributed by atoms with van der Waals surface area (Å²) in [6, 6.07) is 11.4. The molecule has 130 valence electrons. The molecule has 1 aliphatic heterocycles. The van der Waals surface area contributed by atoms with Crippen LogP contribution in [0.5, 0.6) is 0 Å². The molecule has 8 heteroatoms. The Kier molecular flexibility index (Phi) is 3.44. The predicted octanol–water partition coefficient (Wildman–Crippen LogP) is 3.05. The molecule has 0 saturated heterocycles. The van der Waals surface area contributed by atoms with E-state index in [1.165, 1.54) is 15.9 Å². The summed E-state index contributed by atoms with van der Waals surface area (Å²) in [5, 5.41) is 5.24. The molecular weight excluding hydrogens is 360 g/mol. The second kappa shape index (κ2) is 5.96. The second-order valence-corrected chi connectivity index (χ2v) is 6.88. The minimum Gasteiger partial charge on any atom is -0.383 e. The molecule has 3 aromatic heterocycles. The predicted molar refractivity (Wildman–Crippen MR) is 107 cm³/mol. The number of nitrogens with two attached hydrogens (primary N) is 1. The summed E-state index contributed by atoms with van der Waals surface area (Å²) in [5.41, 5.74) is 9.73. The van der Waals surface area contributed by atoms with Crippen molar-refractivity contribution in [3.63, 3.8) is 0 Å². The maximum atomic E-state index is 12.6. The van der Waals surface area contributed by atoms with E-state index in [4.69, 9.17) is 5.73 Å². The summed E-state index contributed by atoms with van der Waals surface area (Å²) in [6.45, 7) is 0. The number of anilines is 1. The van der Waals surface area contributed by atoms with Crippen LogP contribution in [0, 0.1) is 0 Å². The molecule has 4 heterocycles. The van der Waals surface area contributed by atoms with Crippen molar-refractivity contribution in [3.8, 4) is 10.6 Å². The molecule has 0 spiro atoms. The van der Waals surface area contributed by atoms with Crippen molar-refractivity contribution in [2.75, 3.05) is 5.73 Å². The molecular formula is C19H12N6OS. The van der Waals surface area contributed by atoms with Crippen LogP contribution in [-0.2, 0) is 0 Å². The van der Waals surface area contributed by atoms with Crippen molar-refractivity contribution in [3.05, 3.63) is 70.3 Å². The molecule has 0 unspecified atom stereocenters. The number of nitrogen functional groups attached to an aromatic ring is 1. The van der Waals surface area contributed by atoms with E-state index in [9.17, 15) is 4.79 Å². The lowest BCUT2D eigenvalue weighted by Crippen LogP contribution is -2.16. The van der Waals surface area contributed by atoms with Crippen LogP contribution in [0.25, 0.3) is 27.2 Å². The van der Waals surface area contributed by atoms with Gasteiger partial charge in [-0.05, 0) is 24.3 Å². The lowest BCUT2D eigenvalue weighted by Gasteiger charge is -2.03. The number of para-hydroxylation sites is 1. The normalized spacial score (nSPS) is 14.1. The molecule has 1 aromatic carbocycles.